The van der Waals surface area contributed by atoms with Crippen molar-refractivity contribution < 1.29 is 51.9 Å². The van der Waals surface area contributed by atoms with Gasteiger partial charge in [-0.05, 0) is 95.4 Å². The van der Waals surface area contributed by atoms with Crippen molar-refractivity contribution in [3.63, 3.8) is 0 Å². The number of aliphatic hydroxyl groups excluding tert-OH is 1. The zero-order chi connectivity index (χ0) is 46.9. The average molecular weight is 972 g/mol. The third-order valence-electron chi connectivity index (χ3n) is 13.5. The molecule has 2 amide bonds. The average Bonchev–Trinajstić information content (AvgIpc) is 3.69. The minimum Gasteiger partial charge on any atom is -0.488 e. The minimum absolute atomic E-state index is 0.0434. The molecule has 2 aliphatic heterocycles. The first-order valence-corrected chi connectivity index (χ1v) is 26.0. The Balaban J connectivity index is 1.16. The maximum Gasteiger partial charge on any atom is 0.408 e. The quantitative estimate of drug-likeness (QED) is 0.105. The summed E-state index contributed by atoms with van der Waals surface area (Å²) < 4.78 is 63.3. The smallest absolute Gasteiger partial charge is 0.408 e. The molecule has 0 bridgehead atoms. The highest BCUT2D eigenvalue weighted by molar-refractivity contribution is 7.59. The van der Waals surface area contributed by atoms with E-state index < -0.39 is 84.4 Å². The van der Waals surface area contributed by atoms with Crippen molar-refractivity contribution in [1.82, 2.24) is 20.2 Å². The number of carbonyl (C=O) groups excluding carboxylic acids is 3. The Hall–Kier alpha value is -4.25. The van der Waals surface area contributed by atoms with Crippen LogP contribution in [0.5, 0.6) is 5.75 Å². The van der Waals surface area contributed by atoms with Crippen LogP contribution in [0.2, 0.25) is 5.02 Å². The third-order valence-corrected chi connectivity index (χ3v) is 17.5. The van der Waals surface area contributed by atoms with Crippen LogP contribution in [0.15, 0.2) is 41.8 Å². The number of amides is 2. The van der Waals surface area contributed by atoms with Gasteiger partial charge in [-0.3, -0.25) is 14.2 Å². The van der Waals surface area contributed by atoms with E-state index in [1.165, 1.54) is 22.3 Å². The van der Waals surface area contributed by atoms with Crippen LogP contribution < -0.4 is 15.4 Å². The molecule has 66 heavy (non-hydrogen) atoms. The van der Waals surface area contributed by atoms with Gasteiger partial charge < -0.3 is 39.7 Å². The molecule has 2 unspecified atom stereocenters. The monoisotopic (exact) mass is 971 g/mol. The highest BCUT2D eigenvalue weighted by atomic mass is 35.5. The van der Waals surface area contributed by atoms with E-state index in [2.05, 4.69) is 10.6 Å². The number of aliphatic hydroxyl groups is 1. The van der Waals surface area contributed by atoms with E-state index in [0.29, 0.717) is 77.3 Å². The van der Waals surface area contributed by atoms with Gasteiger partial charge in [-0.1, -0.05) is 36.6 Å². The molecule has 4 N–H and O–H groups in total. The van der Waals surface area contributed by atoms with E-state index >= 15 is 18.4 Å². The van der Waals surface area contributed by atoms with Crippen molar-refractivity contribution in [2.45, 2.75) is 146 Å². The second kappa shape index (κ2) is 20.1. The Kier molecular flexibility index (Phi) is 14.7. The molecule has 4 aliphatic rings. The SMILES string of the molecule is CC(C)Nc1nc(-c2cc(O[C@@H]3C[C@H]4C(=O)C[C@]5(P(=O)(O)Cc6c(F)cccc6F)C[C@H]5CCCCCOC(C)[C@H](NC(=O)OC5CCCC5)C(=O)N4C3)c3ccc(CO)c(Cl)c3n2)cs1. The molecule has 0 radical (unpaired) electrons. The van der Waals surface area contributed by atoms with Gasteiger partial charge in [0.15, 0.2) is 10.9 Å². The maximum atomic E-state index is 15.0. The summed E-state index contributed by atoms with van der Waals surface area (Å²) in [5.74, 6) is -3.11. The van der Waals surface area contributed by atoms with Crippen molar-refractivity contribution >= 4 is 64.1 Å². The van der Waals surface area contributed by atoms with Crippen LogP contribution in [0.1, 0.15) is 103 Å². The molecule has 8 rings (SSSR count). The van der Waals surface area contributed by atoms with Gasteiger partial charge in [0.2, 0.25) is 13.3 Å². The van der Waals surface area contributed by atoms with Gasteiger partial charge in [0.1, 0.15) is 41.3 Å². The minimum atomic E-state index is -4.49. The Morgan fingerprint density at radius 2 is 1.80 bits per heavy atom. The number of benzene rings is 2. The Morgan fingerprint density at radius 1 is 1.06 bits per heavy atom. The lowest BCUT2D eigenvalue weighted by atomic mass is 10.0. The van der Waals surface area contributed by atoms with Crippen LogP contribution in [-0.4, -0.2) is 97.4 Å². The van der Waals surface area contributed by atoms with Gasteiger partial charge in [0.25, 0.3) is 0 Å². The lowest BCUT2D eigenvalue weighted by molar-refractivity contribution is -0.142. The van der Waals surface area contributed by atoms with E-state index in [1.54, 1.807) is 25.1 Å². The number of aromatic nitrogens is 2. The van der Waals surface area contributed by atoms with Gasteiger partial charge >= 0.3 is 6.09 Å². The first-order valence-electron chi connectivity index (χ1n) is 22.9. The van der Waals surface area contributed by atoms with Crippen LogP contribution in [0.3, 0.4) is 0 Å². The fourth-order valence-corrected chi connectivity index (χ4v) is 13.6. The molecule has 2 saturated carbocycles. The summed E-state index contributed by atoms with van der Waals surface area (Å²) >= 11 is 8.24. The van der Waals surface area contributed by atoms with Crippen LogP contribution >= 0.6 is 30.3 Å². The summed E-state index contributed by atoms with van der Waals surface area (Å²) in [5.41, 5.74) is 1.22. The van der Waals surface area contributed by atoms with Gasteiger partial charge in [-0.25, -0.2) is 23.5 Å². The van der Waals surface area contributed by atoms with Gasteiger partial charge in [0.05, 0.1) is 52.8 Å². The first-order chi connectivity index (χ1) is 31.6. The number of nitrogens with one attached hydrogen (secondary N) is 2. The van der Waals surface area contributed by atoms with Crippen LogP contribution in [-0.2, 0) is 36.4 Å². The molecule has 4 heterocycles. The number of halogens is 3. The second-order valence-corrected chi connectivity index (χ2v) is 22.3. The molecule has 4 aromatic rings. The third kappa shape index (κ3) is 10.3. The molecular weight excluding hydrogens is 915 g/mol. The summed E-state index contributed by atoms with van der Waals surface area (Å²) in [6.45, 7) is 5.45. The van der Waals surface area contributed by atoms with Gasteiger partial charge in [0, 0.05) is 47.9 Å². The Morgan fingerprint density at radius 3 is 2.53 bits per heavy atom. The Labute approximate surface area is 391 Å². The number of pyridine rings is 1. The molecule has 19 heteroatoms. The second-order valence-electron chi connectivity index (χ2n) is 18.5. The number of hydrogen-bond donors (Lipinski definition) is 4. The van der Waals surface area contributed by atoms with Crippen molar-refractivity contribution in [2.75, 3.05) is 18.5 Å². The van der Waals surface area contributed by atoms with Crippen LogP contribution in [0.25, 0.3) is 22.3 Å². The molecule has 0 spiro atoms. The number of ether oxygens (including phenoxy) is 3. The molecule has 14 nitrogen and oxygen atoms in total. The number of nitrogens with zero attached hydrogens (tertiary/aromatic N) is 3. The number of fused-ring (bicyclic) bond motifs is 3. The lowest BCUT2D eigenvalue weighted by Gasteiger charge is -2.32. The van der Waals surface area contributed by atoms with Crippen molar-refractivity contribution in [1.29, 1.82) is 0 Å². The topological polar surface area (TPSA) is 190 Å². The largest absolute Gasteiger partial charge is 0.488 e. The highest BCUT2D eigenvalue weighted by Crippen LogP contribution is 2.75. The zero-order valence-corrected chi connectivity index (χ0v) is 39.7. The standard InChI is InChI=1S/C47H57ClF2N5O9PS/c1-26(2)51-45-53-37(25-66-45)36-19-40(32-16-15-28(23-56)41(48)43(32)52-36)63-31-18-38-39(57)21-47(65(60,61)24-33-34(49)13-9-14-35(33)50)20-29(47)10-5-4-8-17-62-27(3)42(44(58)55(38)22-31)54-46(59)64-30-11-6-7-12-30/h9,13-16,19,25-27,29-31,38,42,56H,4-8,10-12,17-18,20-24H2,1-3H3,(H,51,53)(H,54,59)(H,60,61)/t27?,29-,31-,38+,42+,47-/m1/s1. The predicted molar refractivity (Wildman–Crippen MR) is 247 cm³/mol. The number of carbonyl (C=O) groups is 3. The molecule has 2 saturated heterocycles. The number of thiazole rings is 1. The lowest BCUT2D eigenvalue weighted by Crippen LogP contribution is -2.57. The highest BCUT2D eigenvalue weighted by Gasteiger charge is 2.66. The number of Topliss-reactive ketones (excluding diaryl/α,β-unsaturated/α-hetero) is 1. The summed E-state index contributed by atoms with van der Waals surface area (Å²) in [6, 6.07) is 5.99. The predicted octanol–water partition coefficient (Wildman–Crippen LogP) is 9.16. The summed E-state index contributed by atoms with van der Waals surface area (Å²) in [5, 5.41) is 17.9. The van der Waals surface area contributed by atoms with Gasteiger partial charge in [-0.15, -0.1) is 11.3 Å². The number of rotatable bonds is 11. The van der Waals surface area contributed by atoms with Crippen molar-refractivity contribution in [2.24, 2.45) is 5.92 Å². The maximum absolute atomic E-state index is 15.0. The molecule has 2 aromatic heterocycles. The van der Waals surface area contributed by atoms with E-state index in [0.717, 1.165) is 25.0 Å². The normalized spacial score (nSPS) is 26.3. The molecule has 4 fully saturated rings. The van der Waals surface area contributed by atoms with Crippen LogP contribution in [0, 0.1) is 17.6 Å². The Bertz CT molecular complexity index is 2490. The number of alkyl carbamates (subject to hydrolysis) is 1. The summed E-state index contributed by atoms with van der Waals surface area (Å²) in [6.07, 6.45) is 1.86. The fourth-order valence-electron chi connectivity index (χ4n) is 9.83. The molecule has 2 aliphatic carbocycles. The van der Waals surface area contributed by atoms with E-state index in [1.807, 2.05) is 19.2 Å². The van der Waals surface area contributed by atoms with E-state index in [4.69, 9.17) is 35.8 Å². The number of anilines is 1. The molecule has 356 valence electrons. The van der Waals surface area contributed by atoms with Crippen molar-refractivity contribution in [3.05, 3.63) is 69.6 Å². The van der Waals surface area contributed by atoms with E-state index in [-0.39, 0.29) is 55.7 Å². The molecule has 7 atom stereocenters. The first kappa shape index (κ1) is 48.2. The summed E-state index contributed by atoms with van der Waals surface area (Å²) in [7, 11) is -4.49. The van der Waals surface area contributed by atoms with Crippen molar-refractivity contribution in [3.8, 4) is 17.1 Å². The fraction of sp³-hybridized carbons (Fsp3) is 0.553. The van der Waals surface area contributed by atoms with E-state index in [9.17, 15) is 19.4 Å². The number of ketones is 1. The molecule has 2 aromatic carbocycles. The number of hydrogen-bond acceptors (Lipinski definition) is 12. The van der Waals surface area contributed by atoms with Gasteiger partial charge in [-0.2, -0.15) is 0 Å². The molecular formula is C47H57ClF2N5O9PS. The summed E-state index contributed by atoms with van der Waals surface area (Å²) in [4.78, 5) is 66.3. The van der Waals surface area contributed by atoms with Crippen LogP contribution in [0.4, 0.5) is 18.7 Å². The zero-order valence-electron chi connectivity index (χ0n) is 37.3.